The van der Waals surface area contributed by atoms with Crippen LogP contribution in [0.3, 0.4) is 0 Å². The molecule has 0 aliphatic rings. The zero-order valence-corrected chi connectivity index (χ0v) is 14.3. The minimum atomic E-state index is -2.56. The predicted octanol–water partition coefficient (Wildman–Crippen LogP) is 0.587. The van der Waals surface area contributed by atoms with Crippen molar-refractivity contribution in [2.75, 3.05) is 55.1 Å². The second kappa shape index (κ2) is 10.1. The molecule has 0 aromatic carbocycles. The van der Waals surface area contributed by atoms with Gasteiger partial charge in [-0.2, -0.15) is 0 Å². The van der Waals surface area contributed by atoms with Gasteiger partial charge in [-0.1, -0.05) is 0 Å². The molecule has 0 atom stereocenters. The van der Waals surface area contributed by atoms with Crippen LogP contribution in [0, 0.1) is 0 Å². The number of carbonyl (C=O) groups is 1. The van der Waals surface area contributed by atoms with Gasteiger partial charge in [-0.3, -0.25) is 0 Å². The number of rotatable bonds is 11. The maximum Gasteiger partial charge on any atom is 0.500 e. The monoisotopic (exact) mass is 307 g/mol. The Morgan fingerprint density at radius 2 is 1.50 bits per heavy atom. The first-order chi connectivity index (χ1) is 9.40. The van der Waals surface area contributed by atoms with Gasteiger partial charge in [0.15, 0.2) is 0 Å². The molecule has 0 saturated carbocycles. The molecule has 0 aromatic rings. The van der Waals surface area contributed by atoms with Crippen LogP contribution < -0.4 is 5.73 Å². The van der Waals surface area contributed by atoms with Crippen molar-refractivity contribution in [2.45, 2.75) is 18.9 Å². The summed E-state index contributed by atoms with van der Waals surface area (Å²) >= 11 is 0. The summed E-state index contributed by atoms with van der Waals surface area (Å²) in [5, 5.41) is 0. The topological polar surface area (TPSA) is 77.3 Å². The first kappa shape index (κ1) is 19.3. The molecule has 0 spiro atoms. The Kier molecular flexibility index (Phi) is 9.77. The maximum absolute atomic E-state index is 11.4. The van der Waals surface area contributed by atoms with Gasteiger partial charge < -0.3 is 28.8 Å². The van der Waals surface area contributed by atoms with E-state index in [1.165, 1.54) is 0 Å². The summed E-state index contributed by atoms with van der Waals surface area (Å²) in [5.41, 5.74) is 5.39. The van der Waals surface area contributed by atoms with Crippen LogP contribution in [-0.4, -0.2) is 79.7 Å². The lowest BCUT2D eigenvalue weighted by molar-refractivity contribution is 0.121. The lowest BCUT2D eigenvalue weighted by atomic mass is 10.3. The molecule has 0 saturated heterocycles. The standard InChI is InChI=1S/C12H29N3O4Si/c1-14(2)8-6-9-15(12(13)16)10-7-11-20(17-3,18-4)19-5/h6-11H2,1-5H3,(H2,13,16). The van der Waals surface area contributed by atoms with E-state index in [1.807, 2.05) is 14.1 Å². The molecule has 0 fully saturated rings. The van der Waals surface area contributed by atoms with Crippen LogP contribution in [0.1, 0.15) is 12.8 Å². The van der Waals surface area contributed by atoms with Crippen molar-refractivity contribution in [1.29, 1.82) is 0 Å². The van der Waals surface area contributed by atoms with Crippen molar-refractivity contribution >= 4 is 14.8 Å². The zero-order chi connectivity index (χ0) is 15.6. The normalized spacial score (nSPS) is 11.9. The van der Waals surface area contributed by atoms with E-state index in [9.17, 15) is 4.79 Å². The van der Waals surface area contributed by atoms with Crippen LogP contribution in [0.25, 0.3) is 0 Å². The van der Waals surface area contributed by atoms with E-state index >= 15 is 0 Å². The molecular formula is C12H29N3O4Si. The highest BCUT2D eigenvalue weighted by Crippen LogP contribution is 2.15. The second-order valence-electron chi connectivity index (χ2n) is 4.88. The quantitative estimate of drug-likeness (QED) is 0.565. The van der Waals surface area contributed by atoms with E-state index in [1.54, 1.807) is 26.2 Å². The molecular weight excluding hydrogens is 278 g/mol. The zero-order valence-electron chi connectivity index (χ0n) is 13.3. The van der Waals surface area contributed by atoms with Gasteiger partial charge in [0.2, 0.25) is 0 Å². The third kappa shape index (κ3) is 7.20. The van der Waals surface area contributed by atoms with Crippen molar-refractivity contribution in [1.82, 2.24) is 9.80 Å². The van der Waals surface area contributed by atoms with Crippen LogP contribution in [0.2, 0.25) is 6.04 Å². The van der Waals surface area contributed by atoms with Crippen LogP contribution in [0.5, 0.6) is 0 Å². The minimum absolute atomic E-state index is 0.386. The molecule has 0 heterocycles. The summed E-state index contributed by atoms with van der Waals surface area (Å²) in [6.45, 7) is 2.18. The Morgan fingerprint density at radius 3 is 1.90 bits per heavy atom. The average Bonchev–Trinajstić information content (AvgIpc) is 2.41. The van der Waals surface area contributed by atoms with Crippen LogP contribution in [-0.2, 0) is 13.3 Å². The lowest BCUT2D eigenvalue weighted by Crippen LogP contribution is -2.44. The number of carbonyl (C=O) groups excluding carboxylic acids is 1. The third-order valence-electron chi connectivity index (χ3n) is 3.19. The Hall–Kier alpha value is -0.673. The fourth-order valence-corrected chi connectivity index (χ4v) is 3.66. The molecule has 2 amide bonds. The average molecular weight is 307 g/mol. The SMILES string of the molecule is CO[Si](CCCN(CCCN(C)C)C(N)=O)(OC)OC. The smallest absolute Gasteiger partial charge is 0.377 e. The van der Waals surface area contributed by atoms with E-state index in [2.05, 4.69) is 4.90 Å². The molecule has 0 unspecified atom stereocenters. The Balaban J connectivity index is 4.17. The van der Waals surface area contributed by atoms with Gasteiger partial charge >= 0.3 is 14.8 Å². The van der Waals surface area contributed by atoms with Gasteiger partial charge in [0.1, 0.15) is 0 Å². The van der Waals surface area contributed by atoms with E-state index in [0.29, 0.717) is 19.1 Å². The number of hydrogen-bond donors (Lipinski definition) is 1. The molecule has 0 radical (unpaired) electrons. The fraction of sp³-hybridized carbons (Fsp3) is 0.917. The molecule has 0 aliphatic carbocycles. The van der Waals surface area contributed by atoms with Crippen molar-refractivity contribution in [3.05, 3.63) is 0 Å². The summed E-state index contributed by atoms with van der Waals surface area (Å²) in [5.74, 6) is 0. The second-order valence-corrected chi connectivity index (χ2v) is 7.97. The largest absolute Gasteiger partial charge is 0.500 e. The molecule has 120 valence electrons. The van der Waals surface area contributed by atoms with Gasteiger partial charge in [0.25, 0.3) is 0 Å². The summed E-state index contributed by atoms with van der Waals surface area (Å²) in [4.78, 5) is 15.1. The van der Waals surface area contributed by atoms with Gasteiger partial charge in [0.05, 0.1) is 0 Å². The van der Waals surface area contributed by atoms with Crippen molar-refractivity contribution < 1.29 is 18.1 Å². The van der Waals surface area contributed by atoms with Crippen molar-refractivity contribution in [3.8, 4) is 0 Å². The molecule has 20 heavy (non-hydrogen) atoms. The number of nitrogens with zero attached hydrogens (tertiary/aromatic N) is 2. The molecule has 8 heteroatoms. The highest BCUT2D eigenvalue weighted by molar-refractivity contribution is 6.60. The van der Waals surface area contributed by atoms with Gasteiger partial charge in [0, 0.05) is 40.5 Å². The molecule has 7 nitrogen and oxygen atoms in total. The fourth-order valence-electron chi connectivity index (χ4n) is 1.95. The Labute approximate surface area is 123 Å². The molecule has 2 N–H and O–H groups in total. The first-order valence-electron chi connectivity index (χ1n) is 6.75. The van der Waals surface area contributed by atoms with Gasteiger partial charge in [-0.05, 0) is 33.5 Å². The number of urea groups is 1. The van der Waals surface area contributed by atoms with Crippen molar-refractivity contribution in [3.63, 3.8) is 0 Å². The van der Waals surface area contributed by atoms with E-state index < -0.39 is 8.80 Å². The molecule has 0 bridgehead atoms. The van der Waals surface area contributed by atoms with Crippen LogP contribution >= 0.6 is 0 Å². The number of hydrogen-bond acceptors (Lipinski definition) is 5. The molecule has 0 aromatic heterocycles. The van der Waals surface area contributed by atoms with Crippen LogP contribution in [0.15, 0.2) is 0 Å². The molecule has 0 aliphatic heterocycles. The highest BCUT2D eigenvalue weighted by atomic mass is 28.4. The maximum atomic E-state index is 11.4. The first-order valence-corrected chi connectivity index (χ1v) is 8.68. The van der Waals surface area contributed by atoms with Crippen molar-refractivity contribution in [2.24, 2.45) is 5.73 Å². The number of amides is 2. The molecule has 0 rings (SSSR count). The van der Waals surface area contributed by atoms with Crippen LogP contribution in [0.4, 0.5) is 4.79 Å². The van der Waals surface area contributed by atoms with Gasteiger partial charge in [-0.15, -0.1) is 0 Å². The Bertz CT molecular complexity index is 267. The number of nitrogens with two attached hydrogens (primary N) is 1. The summed E-state index contributed by atoms with van der Waals surface area (Å²) in [7, 11) is 6.21. The summed E-state index contributed by atoms with van der Waals surface area (Å²) in [6.07, 6.45) is 1.64. The Morgan fingerprint density at radius 1 is 1.00 bits per heavy atom. The summed E-state index contributed by atoms with van der Waals surface area (Å²) in [6, 6.07) is 0.275. The third-order valence-corrected chi connectivity index (χ3v) is 6.02. The van der Waals surface area contributed by atoms with E-state index in [4.69, 9.17) is 19.0 Å². The predicted molar refractivity (Wildman–Crippen MR) is 80.5 cm³/mol. The van der Waals surface area contributed by atoms with E-state index in [0.717, 1.165) is 19.4 Å². The lowest BCUT2D eigenvalue weighted by Gasteiger charge is -2.26. The number of primary amides is 1. The van der Waals surface area contributed by atoms with E-state index in [-0.39, 0.29) is 6.03 Å². The van der Waals surface area contributed by atoms with Gasteiger partial charge in [-0.25, -0.2) is 4.79 Å². The highest BCUT2D eigenvalue weighted by Gasteiger charge is 2.37. The summed E-state index contributed by atoms with van der Waals surface area (Å²) < 4.78 is 16.0. The minimum Gasteiger partial charge on any atom is -0.377 e.